The molecule has 0 bridgehead atoms. The fraction of sp³-hybridized carbons (Fsp3) is 0.438. The molecule has 0 spiro atoms. The van der Waals surface area contributed by atoms with Crippen LogP contribution in [0.25, 0.3) is 11.4 Å². The van der Waals surface area contributed by atoms with Crippen molar-refractivity contribution in [3.8, 4) is 11.4 Å². The summed E-state index contributed by atoms with van der Waals surface area (Å²) in [5.41, 5.74) is 0.921. The molecule has 1 fully saturated rings. The minimum atomic E-state index is -0.100. The molecule has 0 saturated heterocycles. The SMILES string of the molecule is CN(C(=O)n1cnc(-c2ccccc2)n1)C1CCCCC1. The Morgan fingerprint density at radius 1 is 1.19 bits per heavy atom. The lowest BCUT2D eigenvalue weighted by Crippen LogP contribution is -2.40. The molecule has 5 heteroatoms. The zero-order chi connectivity index (χ0) is 14.7. The first-order chi connectivity index (χ1) is 10.3. The minimum Gasteiger partial charge on any atom is -0.323 e. The zero-order valence-electron chi connectivity index (χ0n) is 12.3. The van der Waals surface area contributed by atoms with Crippen molar-refractivity contribution >= 4 is 6.03 Å². The van der Waals surface area contributed by atoms with Gasteiger partial charge in [0.15, 0.2) is 5.82 Å². The zero-order valence-corrected chi connectivity index (χ0v) is 12.3. The highest BCUT2D eigenvalue weighted by Crippen LogP contribution is 2.22. The molecule has 1 heterocycles. The van der Waals surface area contributed by atoms with E-state index in [1.807, 2.05) is 42.3 Å². The summed E-state index contributed by atoms with van der Waals surface area (Å²) in [5, 5.41) is 4.31. The number of carbonyl (C=O) groups is 1. The lowest BCUT2D eigenvalue weighted by atomic mass is 9.95. The smallest absolute Gasteiger partial charge is 0.323 e. The van der Waals surface area contributed by atoms with Gasteiger partial charge in [0.1, 0.15) is 6.33 Å². The van der Waals surface area contributed by atoms with E-state index in [1.54, 1.807) is 0 Å². The van der Waals surface area contributed by atoms with E-state index >= 15 is 0 Å². The Morgan fingerprint density at radius 3 is 2.62 bits per heavy atom. The molecule has 0 aliphatic heterocycles. The molecule has 0 N–H and O–H groups in total. The summed E-state index contributed by atoms with van der Waals surface area (Å²) in [5.74, 6) is 0.584. The van der Waals surface area contributed by atoms with Gasteiger partial charge in [-0.05, 0) is 12.8 Å². The van der Waals surface area contributed by atoms with Gasteiger partial charge in [0, 0.05) is 18.7 Å². The molecule has 0 unspecified atom stereocenters. The molecule has 1 saturated carbocycles. The second-order valence-corrected chi connectivity index (χ2v) is 5.56. The van der Waals surface area contributed by atoms with Gasteiger partial charge < -0.3 is 4.90 Å². The standard InChI is InChI=1S/C16H20N4O/c1-19(14-10-6-3-7-11-14)16(21)20-12-17-15(18-20)13-8-4-2-5-9-13/h2,4-5,8-9,12,14H,3,6-7,10-11H2,1H3. The number of amides is 1. The number of hydrogen-bond acceptors (Lipinski definition) is 3. The first-order valence-electron chi connectivity index (χ1n) is 7.50. The topological polar surface area (TPSA) is 51.0 Å². The van der Waals surface area contributed by atoms with Crippen molar-refractivity contribution in [3.63, 3.8) is 0 Å². The van der Waals surface area contributed by atoms with Crippen molar-refractivity contribution in [3.05, 3.63) is 36.7 Å². The maximum atomic E-state index is 12.5. The molecule has 21 heavy (non-hydrogen) atoms. The van der Waals surface area contributed by atoms with Crippen LogP contribution in [-0.2, 0) is 0 Å². The molecule has 1 aliphatic carbocycles. The fourth-order valence-corrected chi connectivity index (χ4v) is 2.86. The Morgan fingerprint density at radius 2 is 1.90 bits per heavy atom. The molecule has 110 valence electrons. The molecular weight excluding hydrogens is 264 g/mol. The van der Waals surface area contributed by atoms with Crippen molar-refractivity contribution in [2.45, 2.75) is 38.1 Å². The number of nitrogens with zero attached hydrogens (tertiary/aromatic N) is 4. The van der Waals surface area contributed by atoms with Gasteiger partial charge in [0.2, 0.25) is 0 Å². The van der Waals surface area contributed by atoms with Crippen LogP contribution in [-0.4, -0.2) is 38.8 Å². The van der Waals surface area contributed by atoms with Gasteiger partial charge >= 0.3 is 6.03 Å². The molecule has 3 rings (SSSR count). The maximum Gasteiger partial charge on any atom is 0.346 e. The van der Waals surface area contributed by atoms with Gasteiger partial charge in [0.05, 0.1) is 0 Å². The van der Waals surface area contributed by atoms with Crippen molar-refractivity contribution < 1.29 is 4.79 Å². The average Bonchev–Trinajstić information content (AvgIpc) is 3.05. The van der Waals surface area contributed by atoms with Gasteiger partial charge in [0.25, 0.3) is 0 Å². The highest BCUT2D eigenvalue weighted by atomic mass is 16.2. The van der Waals surface area contributed by atoms with Crippen LogP contribution in [0.4, 0.5) is 4.79 Å². The largest absolute Gasteiger partial charge is 0.346 e. The molecule has 2 aromatic rings. The summed E-state index contributed by atoms with van der Waals surface area (Å²) in [6.45, 7) is 0. The summed E-state index contributed by atoms with van der Waals surface area (Å²) in [6.07, 6.45) is 7.36. The summed E-state index contributed by atoms with van der Waals surface area (Å²) in [4.78, 5) is 18.5. The van der Waals surface area contributed by atoms with Gasteiger partial charge in [-0.3, -0.25) is 0 Å². The van der Waals surface area contributed by atoms with Crippen LogP contribution in [0.3, 0.4) is 0 Å². The maximum absolute atomic E-state index is 12.5. The van der Waals surface area contributed by atoms with Crippen molar-refractivity contribution in [2.75, 3.05) is 7.05 Å². The van der Waals surface area contributed by atoms with Gasteiger partial charge in [-0.2, -0.15) is 4.68 Å². The summed E-state index contributed by atoms with van der Waals surface area (Å²) >= 11 is 0. The predicted octanol–water partition coefficient (Wildman–Crippen LogP) is 3.18. The molecular formula is C16H20N4O. The Hall–Kier alpha value is -2.17. The lowest BCUT2D eigenvalue weighted by molar-refractivity contribution is 0.172. The van der Waals surface area contributed by atoms with Crippen molar-refractivity contribution in [2.24, 2.45) is 0 Å². The van der Waals surface area contributed by atoms with Crippen LogP contribution in [0.1, 0.15) is 32.1 Å². The van der Waals surface area contributed by atoms with Gasteiger partial charge in [-0.25, -0.2) is 9.78 Å². The Balaban J connectivity index is 1.74. The van der Waals surface area contributed by atoms with E-state index in [9.17, 15) is 4.79 Å². The van der Waals surface area contributed by atoms with Crippen LogP contribution in [0.5, 0.6) is 0 Å². The first-order valence-corrected chi connectivity index (χ1v) is 7.50. The number of benzene rings is 1. The first kappa shape index (κ1) is 13.8. The van der Waals surface area contributed by atoms with Crippen LogP contribution in [0.15, 0.2) is 36.7 Å². The molecule has 0 atom stereocenters. The molecule has 5 nitrogen and oxygen atoms in total. The monoisotopic (exact) mass is 284 g/mol. The summed E-state index contributed by atoms with van der Waals surface area (Å²) in [7, 11) is 1.86. The van der Waals surface area contributed by atoms with Crippen LogP contribution in [0, 0.1) is 0 Å². The third-order valence-electron chi connectivity index (χ3n) is 4.14. The number of hydrogen-bond donors (Lipinski definition) is 0. The van der Waals surface area contributed by atoms with Crippen molar-refractivity contribution in [1.29, 1.82) is 0 Å². The van der Waals surface area contributed by atoms with E-state index in [0.29, 0.717) is 11.9 Å². The lowest BCUT2D eigenvalue weighted by Gasteiger charge is -2.30. The van der Waals surface area contributed by atoms with E-state index in [1.165, 1.54) is 30.3 Å². The Bertz CT molecular complexity index is 602. The van der Waals surface area contributed by atoms with E-state index in [4.69, 9.17) is 0 Å². The highest BCUT2D eigenvalue weighted by Gasteiger charge is 2.23. The summed E-state index contributed by atoms with van der Waals surface area (Å²) < 4.78 is 1.34. The number of rotatable bonds is 2. The molecule has 1 aliphatic rings. The summed E-state index contributed by atoms with van der Waals surface area (Å²) in [6, 6.07) is 9.93. The second kappa shape index (κ2) is 6.08. The number of aromatic nitrogens is 3. The average molecular weight is 284 g/mol. The van der Waals surface area contributed by atoms with Crippen LogP contribution in [0.2, 0.25) is 0 Å². The van der Waals surface area contributed by atoms with E-state index in [-0.39, 0.29) is 6.03 Å². The fourth-order valence-electron chi connectivity index (χ4n) is 2.86. The predicted molar refractivity (Wildman–Crippen MR) is 80.9 cm³/mol. The van der Waals surface area contributed by atoms with E-state index in [2.05, 4.69) is 10.1 Å². The van der Waals surface area contributed by atoms with Crippen LogP contribution < -0.4 is 0 Å². The van der Waals surface area contributed by atoms with E-state index < -0.39 is 0 Å². The van der Waals surface area contributed by atoms with Gasteiger partial charge in [-0.1, -0.05) is 49.6 Å². The third-order valence-corrected chi connectivity index (χ3v) is 4.14. The molecule has 1 aromatic heterocycles. The quantitative estimate of drug-likeness (QED) is 0.851. The van der Waals surface area contributed by atoms with Crippen LogP contribution >= 0.6 is 0 Å². The van der Waals surface area contributed by atoms with E-state index in [0.717, 1.165) is 18.4 Å². The number of carbonyl (C=O) groups excluding carboxylic acids is 1. The Labute approximate surface area is 124 Å². The third kappa shape index (κ3) is 2.96. The normalized spacial score (nSPS) is 15.9. The Kier molecular flexibility index (Phi) is 3.99. The highest BCUT2D eigenvalue weighted by molar-refractivity contribution is 5.76. The van der Waals surface area contributed by atoms with Gasteiger partial charge in [-0.15, -0.1) is 5.10 Å². The molecule has 1 amide bonds. The second-order valence-electron chi connectivity index (χ2n) is 5.56. The van der Waals surface area contributed by atoms with Crippen molar-refractivity contribution in [1.82, 2.24) is 19.7 Å². The molecule has 0 radical (unpaired) electrons. The molecule has 1 aromatic carbocycles. The minimum absolute atomic E-state index is 0.100.